The first-order valence-corrected chi connectivity index (χ1v) is 13.3. The molecule has 0 unspecified atom stereocenters. The molecule has 0 amide bonds. The number of benzene rings is 3. The van der Waals surface area contributed by atoms with E-state index in [0.29, 0.717) is 22.2 Å². The number of sulfonamides is 1. The molecule has 4 aromatic rings. The highest BCUT2D eigenvalue weighted by atomic mass is 35.5. The zero-order valence-electron chi connectivity index (χ0n) is 18.5. The van der Waals surface area contributed by atoms with Crippen LogP contribution in [0.3, 0.4) is 0 Å². The van der Waals surface area contributed by atoms with E-state index >= 15 is 0 Å². The van der Waals surface area contributed by atoms with Crippen molar-refractivity contribution in [1.29, 1.82) is 0 Å². The Bertz CT molecular complexity index is 1540. The Balaban J connectivity index is 1.75. The molecule has 34 heavy (non-hydrogen) atoms. The molecule has 0 N–H and O–H groups in total. The smallest absolute Gasteiger partial charge is 0.247 e. The van der Waals surface area contributed by atoms with Crippen LogP contribution < -0.4 is 0 Å². The van der Waals surface area contributed by atoms with Gasteiger partial charge in [-0.2, -0.15) is 9.52 Å². The van der Waals surface area contributed by atoms with Crippen molar-refractivity contribution >= 4 is 49.8 Å². The maximum absolute atomic E-state index is 12.7. The Morgan fingerprint density at radius 3 is 2.26 bits per heavy atom. The molecule has 172 valence electrons. The second-order valence-corrected chi connectivity index (χ2v) is 11.0. The zero-order chi connectivity index (χ0) is 24.0. The maximum atomic E-state index is 12.7. The fourth-order valence-corrected chi connectivity index (χ4v) is 5.70. The van der Waals surface area contributed by atoms with E-state index in [1.54, 1.807) is 12.1 Å². The van der Waals surface area contributed by atoms with Crippen molar-refractivity contribution in [3.05, 3.63) is 99.7 Å². The average Bonchev–Trinajstić information content (AvgIpc) is 3.25. The molecule has 0 spiro atoms. The van der Waals surface area contributed by atoms with Crippen molar-refractivity contribution in [2.45, 2.75) is 19.4 Å². The number of hydrogen-bond acceptors (Lipinski definition) is 4. The summed E-state index contributed by atoms with van der Waals surface area (Å²) in [6.45, 7) is 1.93. The predicted molar refractivity (Wildman–Crippen MR) is 139 cm³/mol. The van der Waals surface area contributed by atoms with E-state index in [-0.39, 0.29) is 0 Å². The molecule has 2 heterocycles. The Labute approximate surface area is 208 Å². The maximum Gasteiger partial charge on any atom is 0.247 e. The average molecular weight is 510 g/mol. The van der Waals surface area contributed by atoms with Gasteiger partial charge in [0.05, 0.1) is 23.5 Å². The lowest BCUT2D eigenvalue weighted by Gasteiger charge is -2.21. The lowest BCUT2D eigenvalue weighted by Crippen LogP contribution is -2.25. The topological polar surface area (TPSA) is 62.6 Å². The summed E-state index contributed by atoms with van der Waals surface area (Å²) in [6.07, 6.45) is 1.58. The van der Waals surface area contributed by atoms with Crippen LogP contribution in [-0.2, 0) is 10.0 Å². The third kappa shape index (κ3) is 4.17. The standard InChI is InChI=1S/C26H21Cl2N3O2S/c1-16-25(23-15-24(31(30-23)34(2,32)33)17-8-10-19(27)11-9-17)26(18-6-4-3-5-7-18)21-14-20(28)12-13-22(21)29-16/h3-14,24H,15H2,1-2H3/t24-/m1/s1. The molecule has 8 heteroatoms. The molecule has 5 nitrogen and oxygen atoms in total. The Hall–Kier alpha value is -2.93. The monoisotopic (exact) mass is 509 g/mol. The third-order valence-corrected chi connectivity index (χ3v) is 7.45. The van der Waals surface area contributed by atoms with E-state index in [4.69, 9.17) is 28.2 Å². The quantitative estimate of drug-likeness (QED) is 0.310. The second-order valence-electron chi connectivity index (χ2n) is 8.33. The first-order chi connectivity index (χ1) is 16.2. The molecule has 0 aliphatic carbocycles. The molecule has 0 saturated carbocycles. The summed E-state index contributed by atoms with van der Waals surface area (Å²) in [5.41, 5.74) is 5.83. The number of aryl methyl sites for hydroxylation is 1. The Morgan fingerprint density at radius 2 is 1.59 bits per heavy atom. The Morgan fingerprint density at radius 1 is 0.912 bits per heavy atom. The van der Waals surface area contributed by atoms with Crippen LogP contribution in [-0.4, -0.2) is 29.8 Å². The van der Waals surface area contributed by atoms with E-state index in [1.807, 2.05) is 67.6 Å². The largest absolute Gasteiger partial charge is 0.252 e. The summed E-state index contributed by atoms with van der Waals surface area (Å²) in [5.74, 6) is 0. The number of hydrogen-bond donors (Lipinski definition) is 0. The van der Waals surface area contributed by atoms with Crippen molar-refractivity contribution in [2.75, 3.05) is 6.26 Å². The fourth-order valence-electron chi connectivity index (χ4n) is 4.49. The van der Waals surface area contributed by atoms with E-state index in [2.05, 4.69) is 5.10 Å². The molecule has 1 aliphatic heterocycles. The van der Waals surface area contributed by atoms with Gasteiger partial charge in [0.15, 0.2) is 0 Å². The first-order valence-electron chi connectivity index (χ1n) is 10.7. The van der Waals surface area contributed by atoms with Gasteiger partial charge in [-0.05, 0) is 48.4 Å². The van der Waals surface area contributed by atoms with Gasteiger partial charge in [0, 0.05) is 38.7 Å². The van der Waals surface area contributed by atoms with Gasteiger partial charge in [-0.15, -0.1) is 0 Å². The van der Waals surface area contributed by atoms with Crippen LogP contribution in [0.4, 0.5) is 0 Å². The molecular formula is C26H21Cl2N3O2S. The molecule has 1 atom stereocenters. The van der Waals surface area contributed by atoms with Crippen LogP contribution >= 0.6 is 23.2 Å². The van der Waals surface area contributed by atoms with Crippen molar-refractivity contribution in [3.63, 3.8) is 0 Å². The molecule has 5 rings (SSSR count). The summed E-state index contributed by atoms with van der Waals surface area (Å²) < 4.78 is 26.6. The van der Waals surface area contributed by atoms with Crippen LogP contribution in [0.1, 0.15) is 29.3 Å². The molecule has 0 bridgehead atoms. The van der Waals surface area contributed by atoms with Crippen molar-refractivity contribution in [2.24, 2.45) is 5.10 Å². The van der Waals surface area contributed by atoms with Gasteiger partial charge in [-0.1, -0.05) is 65.7 Å². The fraction of sp³-hybridized carbons (Fsp3) is 0.154. The number of fused-ring (bicyclic) bond motifs is 1. The molecule has 0 saturated heterocycles. The highest BCUT2D eigenvalue weighted by molar-refractivity contribution is 7.88. The lowest BCUT2D eigenvalue weighted by atomic mass is 9.89. The van der Waals surface area contributed by atoms with Crippen LogP contribution in [0.2, 0.25) is 10.0 Å². The van der Waals surface area contributed by atoms with Gasteiger partial charge in [-0.3, -0.25) is 4.98 Å². The SMILES string of the molecule is Cc1nc2ccc(Cl)cc2c(-c2ccccc2)c1C1=NN(S(C)(=O)=O)[C@@H](c2ccc(Cl)cc2)C1. The van der Waals surface area contributed by atoms with Gasteiger partial charge in [0.2, 0.25) is 10.0 Å². The van der Waals surface area contributed by atoms with E-state index < -0.39 is 16.1 Å². The minimum Gasteiger partial charge on any atom is -0.252 e. The summed E-state index contributed by atoms with van der Waals surface area (Å²) >= 11 is 12.4. The Kier molecular flexibility index (Phi) is 5.84. The van der Waals surface area contributed by atoms with Crippen LogP contribution in [0.15, 0.2) is 77.9 Å². The molecule has 0 radical (unpaired) electrons. The summed E-state index contributed by atoms with van der Waals surface area (Å²) in [4.78, 5) is 4.82. The zero-order valence-corrected chi connectivity index (χ0v) is 20.9. The second kappa shape index (κ2) is 8.69. The number of aromatic nitrogens is 1. The number of nitrogens with zero attached hydrogens (tertiary/aromatic N) is 3. The number of hydrazone groups is 1. The van der Waals surface area contributed by atoms with Gasteiger partial charge in [0.1, 0.15) is 0 Å². The van der Waals surface area contributed by atoms with E-state index in [0.717, 1.165) is 38.9 Å². The van der Waals surface area contributed by atoms with Gasteiger partial charge >= 0.3 is 0 Å². The minimum atomic E-state index is -3.62. The number of pyridine rings is 1. The van der Waals surface area contributed by atoms with Gasteiger partial charge in [-0.25, -0.2) is 8.42 Å². The van der Waals surface area contributed by atoms with Gasteiger partial charge in [0.25, 0.3) is 0 Å². The highest BCUT2D eigenvalue weighted by Crippen LogP contribution is 2.40. The highest BCUT2D eigenvalue weighted by Gasteiger charge is 2.36. The molecule has 0 fully saturated rings. The van der Waals surface area contributed by atoms with E-state index in [9.17, 15) is 8.42 Å². The molecule has 1 aromatic heterocycles. The summed E-state index contributed by atoms with van der Waals surface area (Å²) in [5, 5.41) is 6.73. The van der Waals surface area contributed by atoms with Crippen molar-refractivity contribution in [3.8, 4) is 11.1 Å². The third-order valence-electron chi connectivity index (χ3n) is 5.95. The van der Waals surface area contributed by atoms with Crippen molar-refractivity contribution in [1.82, 2.24) is 9.40 Å². The van der Waals surface area contributed by atoms with Crippen LogP contribution in [0.5, 0.6) is 0 Å². The van der Waals surface area contributed by atoms with E-state index in [1.165, 1.54) is 10.7 Å². The van der Waals surface area contributed by atoms with Gasteiger partial charge < -0.3 is 0 Å². The van der Waals surface area contributed by atoms with Crippen molar-refractivity contribution < 1.29 is 8.42 Å². The summed E-state index contributed by atoms with van der Waals surface area (Å²) in [6, 6.07) is 22.3. The molecular weight excluding hydrogens is 489 g/mol. The normalized spacial score (nSPS) is 16.2. The molecule has 3 aromatic carbocycles. The summed E-state index contributed by atoms with van der Waals surface area (Å²) in [7, 11) is -3.62. The predicted octanol–water partition coefficient (Wildman–Crippen LogP) is 6.63. The van der Waals surface area contributed by atoms with Crippen LogP contribution in [0, 0.1) is 6.92 Å². The number of rotatable bonds is 4. The first kappa shape index (κ1) is 22.8. The lowest BCUT2D eigenvalue weighted by molar-refractivity contribution is 0.375. The number of halogens is 2. The molecule has 1 aliphatic rings. The minimum absolute atomic E-state index is 0.406. The van der Waals surface area contributed by atoms with Crippen LogP contribution in [0.25, 0.3) is 22.0 Å².